The number of thiazole rings is 1. The molecular formula is C20H19FN2O4S. The van der Waals surface area contributed by atoms with Crippen molar-refractivity contribution in [1.82, 2.24) is 4.57 Å². The average molecular weight is 402 g/mol. The van der Waals surface area contributed by atoms with Crippen LogP contribution in [0.5, 0.6) is 5.75 Å². The predicted octanol–water partition coefficient (Wildman–Crippen LogP) is 4.02. The quantitative estimate of drug-likeness (QED) is 0.675. The summed E-state index contributed by atoms with van der Waals surface area (Å²) in [5.41, 5.74) is 0.886. The number of hydrogen-bond donors (Lipinski definition) is 1. The third kappa shape index (κ3) is 3.96. The van der Waals surface area contributed by atoms with Crippen LogP contribution in [0, 0.1) is 5.82 Å². The molecule has 1 N–H and O–H groups in total. The first-order valence-corrected chi connectivity index (χ1v) is 9.61. The van der Waals surface area contributed by atoms with E-state index in [1.807, 2.05) is 6.92 Å². The van der Waals surface area contributed by atoms with Crippen LogP contribution in [0.2, 0.25) is 0 Å². The minimum atomic E-state index is -1.01. The molecule has 146 valence electrons. The molecule has 3 aromatic rings. The van der Waals surface area contributed by atoms with Crippen molar-refractivity contribution in [1.29, 1.82) is 0 Å². The number of fused-ring (bicyclic) bond motifs is 1. The molecule has 3 rings (SSSR count). The summed E-state index contributed by atoms with van der Waals surface area (Å²) in [6.45, 7) is 4.14. The normalized spacial score (nSPS) is 12.9. The first-order chi connectivity index (χ1) is 13.4. The lowest BCUT2D eigenvalue weighted by Gasteiger charge is -2.13. The number of aliphatic carboxylic acids is 1. The maximum absolute atomic E-state index is 13.1. The SMILES string of the molecule is CCOc1ccc2c(c1)s/c(=N\C(=O)c1ccc(F)cc1)n2C(CC)C(=O)O. The predicted molar refractivity (Wildman–Crippen MR) is 104 cm³/mol. The van der Waals surface area contributed by atoms with Gasteiger partial charge in [-0.3, -0.25) is 4.79 Å². The molecule has 1 heterocycles. The summed E-state index contributed by atoms with van der Waals surface area (Å²) in [4.78, 5) is 28.7. The first kappa shape index (κ1) is 19.8. The Morgan fingerprint density at radius 1 is 1.21 bits per heavy atom. The van der Waals surface area contributed by atoms with E-state index in [0.717, 1.165) is 4.70 Å². The highest BCUT2D eigenvalue weighted by atomic mass is 32.1. The number of carboxylic acids is 1. The Balaban J connectivity index is 2.19. The van der Waals surface area contributed by atoms with E-state index in [1.54, 1.807) is 29.7 Å². The smallest absolute Gasteiger partial charge is 0.326 e. The van der Waals surface area contributed by atoms with E-state index in [4.69, 9.17) is 4.74 Å². The third-order valence-electron chi connectivity index (χ3n) is 4.18. The zero-order chi connectivity index (χ0) is 20.3. The molecular weight excluding hydrogens is 383 g/mol. The summed E-state index contributed by atoms with van der Waals surface area (Å²) in [5, 5.41) is 9.64. The van der Waals surface area contributed by atoms with Gasteiger partial charge in [-0.05, 0) is 55.8 Å². The summed E-state index contributed by atoms with van der Waals surface area (Å²) in [6, 6.07) is 9.52. The second-order valence-corrected chi connectivity index (χ2v) is 7.01. The number of carboxylic acid groups (broad SMARTS) is 1. The second-order valence-electron chi connectivity index (χ2n) is 6.00. The Morgan fingerprint density at radius 3 is 2.54 bits per heavy atom. The van der Waals surface area contributed by atoms with Gasteiger partial charge in [-0.25, -0.2) is 9.18 Å². The van der Waals surface area contributed by atoms with Gasteiger partial charge < -0.3 is 14.4 Å². The molecule has 1 atom stereocenters. The summed E-state index contributed by atoms with van der Waals surface area (Å²) < 4.78 is 20.9. The standard InChI is InChI=1S/C20H19FN2O4S/c1-3-15(19(25)26)23-16-10-9-14(27-4-2)11-17(16)28-20(23)22-18(24)12-5-7-13(21)8-6-12/h5-11,15H,3-4H2,1-2H3,(H,25,26)/b22-20-. The molecule has 1 aromatic heterocycles. The van der Waals surface area contributed by atoms with Gasteiger partial charge in [-0.1, -0.05) is 18.3 Å². The molecule has 1 unspecified atom stereocenters. The second kappa shape index (κ2) is 8.35. The number of hydrogen-bond acceptors (Lipinski definition) is 4. The van der Waals surface area contributed by atoms with E-state index in [2.05, 4.69) is 4.99 Å². The molecule has 0 aliphatic heterocycles. The van der Waals surface area contributed by atoms with Gasteiger partial charge in [0.15, 0.2) is 4.80 Å². The van der Waals surface area contributed by atoms with Crippen molar-refractivity contribution in [2.45, 2.75) is 26.3 Å². The largest absolute Gasteiger partial charge is 0.494 e. The van der Waals surface area contributed by atoms with Crippen molar-refractivity contribution in [2.75, 3.05) is 6.61 Å². The van der Waals surface area contributed by atoms with Crippen LogP contribution in [0.25, 0.3) is 10.2 Å². The Kier molecular flexibility index (Phi) is 5.89. The van der Waals surface area contributed by atoms with Gasteiger partial charge in [0.25, 0.3) is 5.91 Å². The maximum Gasteiger partial charge on any atom is 0.326 e. The van der Waals surface area contributed by atoms with Crippen molar-refractivity contribution in [3.63, 3.8) is 0 Å². The van der Waals surface area contributed by atoms with Crippen LogP contribution >= 0.6 is 11.3 Å². The highest BCUT2D eigenvalue weighted by molar-refractivity contribution is 7.16. The Hall–Kier alpha value is -3.00. The number of ether oxygens (including phenoxy) is 1. The topological polar surface area (TPSA) is 80.9 Å². The maximum atomic E-state index is 13.1. The summed E-state index contributed by atoms with van der Waals surface area (Å²) in [7, 11) is 0. The molecule has 0 radical (unpaired) electrons. The van der Waals surface area contributed by atoms with E-state index < -0.39 is 23.7 Å². The van der Waals surface area contributed by atoms with Gasteiger partial charge >= 0.3 is 5.97 Å². The van der Waals surface area contributed by atoms with Crippen molar-refractivity contribution in [3.05, 3.63) is 58.6 Å². The number of amides is 1. The first-order valence-electron chi connectivity index (χ1n) is 8.80. The van der Waals surface area contributed by atoms with Gasteiger partial charge in [-0.2, -0.15) is 4.99 Å². The summed E-state index contributed by atoms with van der Waals surface area (Å²) in [5.74, 6) is -1.37. The molecule has 8 heteroatoms. The molecule has 2 aromatic carbocycles. The van der Waals surface area contributed by atoms with Crippen LogP contribution in [0.4, 0.5) is 4.39 Å². The van der Waals surface area contributed by atoms with Gasteiger partial charge in [-0.15, -0.1) is 0 Å². The minimum Gasteiger partial charge on any atom is -0.494 e. The molecule has 0 spiro atoms. The van der Waals surface area contributed by atoms with Crippen molar-refractivity contribution in [2.24, 2.45) is 4.99 Å². The molecule has 0 saturated heterocycles. The lowest BCUT2D eigenvalue weighted by atomic mass is 10.2. The van der Waals surface area contributed by atoms with Crippen molar-refractivity contribution >= 4 is 33.4 Å². The fourth-order valence-electron chi connectivity index (χ4n) is 2.87. The van der Waals surface area contributed by atoms with Crippen LogP contribution in [0.3, 0.4) is 0 Å². The number of rotatable bonds is 6. The summed E-state index contributed by atoms with van der Waals surface area (Å²) in [6.07, 6.45) is 0.326. The number of benzene rings is 2. The fraction of sp³-hybridized carbons (Fsp3) is 0.250. The molecule has 0 bridgehead atoms. The molecule has 0 fully saturated rings. The summed E-state index contributed by atoms with van der Waals surface area (Å²) >= 11 is 1.21. The number of carbonyl (C=O) groups is 2. The minimum absolute atomic E-state index is 0.226. The lowest BCUT2D eigenvalue weighted by molar-refractivity contribution is -0.140. The van der Waals surface area contributed by atoms with Crippen molar-refractivity contribution in [3.8, 4) is 5.75 Å². The Labute approximate surface area is 164 Å². The molecule has 28 heavy (non-hydrogen) atoms. The monoisotopic (exact) mass is 402 g/mol. The zero-order valence-corrected chi connectivity index (χ0v) is 16.2. The van der Waals surface area contributed by atoms with E-state index in [9.17, 15) is 19.1 Å². The number of halogens is 1. The lowest BCUT2D eigenvalue weighted by Crippen LogP contribution is -2.27. The molecule has 1 amide bonds. The van der Waals surface area contributed by atoms with E-state index in [0.29, 0.717) is 24.3 Å². The highest BCUT2D eigenvalue weighted by Gasteiger charge is 2.22. The molecule has 0 aliphatic rings. The third-order valence-corrected chi connectivity index (χ3v) is 5.20. The van der Waals surface area contributed by atoms with E-state index in [-0.39, 0.29) is 10.4 Å². The van der Waals surface area contributed by atoms with Crippen LogP contribution in [-0.4, -0.2) is 28.2 Å². The molecule has 0 aliphatic carbocycles. The van der Waals surface area contributed by atoms with Crippen LogP contribution in [-0.2, 0) is 4.79 Å². The zero-order valence-electron chi connectivity index (χ0n) is 15.4. The van der Waals surface area contributed by atoms with Crippen LogP contribution in [0.15, 0.2) is 47.5 Å². The van der Waals surface area contributed by atoms with Gasteiger partial charge in [0.05, 0.1) is 16.8 Å². The van der Waals surface area contributed by atoms with Gasteiger partial charge in [0.1, 0.15) is 17.6 Å². The molecule has 6 nitrogen and oxygen atoms in total. The average Bonchev–Trinajstić information content (AvgIpc) is 3.00. The number of nitrogens with zero attached hydrogens (tertiary/aromatic N) is 2. The molecule has 0 saturated carbocycles. The van der Waals surface area contributed by atoms with Crippen molar-refractivity contribution < 1.29 is 23.8 Å². The van der Waals surface area contributed by atoms with E-state index >= 15 is 0 Å². The Morgan fingerprint density at radius 2 is 1.93 bits per heavy atom. The fourth-order valence-corrected chi connectivity index (χ4v) is 3.97. The van der Waals surface area contributed by atoms with Crippen LogP contribution in [0.1, 0.15) is 36.7 Å². The van der Waals surface area contributed by atoms with E-state index in [1.165, 1.54) is 35.6 Å². The number of carbonyl (C=O) groups excluding carboxylic acids is 1. The van der Waals surface area contributed by atoms with Gasteiger partial charge in [0, 0.05) is 5.56 Å². The van der Waals surface area contributed by atoms with Gasteiger partial charge in [0.2, 0.25) is 0 Å². The van der Waals surface area contributed by atoms with Crippen LogP contribution < -0.4 is 9.54 Å². The Bertz CT molecular complexity index is 1090. The number of aromatic nitrogens is 1. The highest BCUT2D eigenvalue weighted by Crippen LogP contribution is 2.27.